The van der Waals surface area contributed by atoms with E-state index in [1.165, 1.54) is 5.56 Å². The largest absolute Gasteiger partial charge is 0.493 e. The standard InChI is InChI=1S/C24H30ClN3O3/c1-28-14-17-11-20(27-23(29)26-19-6-4-5-18(25)13-19)9-10-24(17,15-28)16-7-8-21(30-2)22(12-16)31-3/h4-8,12-13,17,20H,9-11,14-15H2,1-3H3,(H2,26,27,29)/t17-,20-,24+/m1/s1. The molecule has 2 fully saturated rings. The maximum atomic E-state index is 12.5. The van der Waals surface area contributed by atoms with Crippen molar-refractivity contribution in [2.75, 3.05) is 39.7 Å². The minimum atomic E-state index is -0.183. The highest BCUT2D eigenvalue weighted by atomic mass is 35.5. The molecule has 2 N–H and O–H groups in total. The fraction of sp³-hybridized carbons (Fsp3) is 0.458. The summed E-state index contributed by atoms with van der Waals surface area (Å²) in [4.78, 5) is 14.9. The van der Waals surface area contributed by atoms with Gasteiger partial charge >= 0.3 is 6.03 Å². The molecule has 2 aliphatic rings. The van der Waals surface area contributed by atoms with Gasteiger partial charge in [0.1, 0.15) is 0 Å². The number of likely N-dealkylation sites (tertiary alicyclic amines) is 1. The van der Waals surface area contributed by atoms with Crippen LogP contribution >= 0.6 is 11.6 Å². The molecule has 1 aliphatic carbocycles. The van der Waals surface area contributed by atoms with Crippen LogP contribution in [0.3, 0.4) is 0 Å². The third kappa shape index (κ3) is 4.46. The second kappa shape index (κ2) is 8.97. The van der Waals surface area contributed by atoms with Crippen LogP contribution in [0.1, 0.15) is 24.8 Å². The number of hydrogen-bond donors (Lipinski definition) is 2. The summed E-state index contributed by atoms with van der Waals surface area (Å²) >= 11 is 6.02. The number of nitrogens with zero attached hydrogens (tertiary/aromatic N) is 1. The van der Waals surface area contributed by atoms with Crippen molar-refractivity contribution < 1.29 is 14.3 Å². The zero-order valence-corrected chi connectivity index (χ0v) is 19.0. The van der Waals surface area contributed by atoms with Crippen molar-refractivity contribution in [3.05, 3.63) is 53.1 Å². The molecule has 0 bridgehead atoms. The van der Waals surface area contributed by atoms with Crippen LogP contribution in [-0.2, 0) is 5.41 Å². The third-order valence-corrected chi connectivity index (χ3v) is 6.98. The van der Waals surface area contributed by atoms with Gasteiger partial charge in [0.15, 0.2) is 11.5 Å². The molecule has 7 heteroatoms. The number of anilines is 1. The molecule has 1 aliphatic heterocycles. The first kappa shape index (κ1) is 21.8. The second-order valence-corrected chi connectivity index (χ2v) is 9.14. The van der Waals surface area contributed by atoms with Gasteiger partial charge in [0, 0.05) is 35.3 Å². The van der Waals surface area contributed by atoms with Gasteiger partial charge < -0.3 is 25.0 Å². The average molecular weight is 444 g/mol. The number of fused-ring (bicyclic) bond motifs is 1. The number of ether oxygens (including phenoxy) is 2. The van der Waals surface area contributed by atoms with Gasteiger partial charge in [-0.1, -0.05) is 23.7 Å². The van der Waals surface area contributed by atoms with E-state index in [2.05, 4.69) is 34.7 Å². The highest BCUT2D eigenvalue weighted by Crippen LogP contribution is 2.49. The van der Waals surface area contributed by atoms with Crippen LogP contribution in [0.15, 0.2) is 42.5 Å². The van der Waals surface area contributed by atoms with E-state index < -0.39 is 0 Å². The number of benzene rings is 2. The van der Waals surface area contributed by atoms with Crippen LogP contribution in [0.4, 0.5) is 10.5 Å². The molecule has 166 valence electrons. The lowest BCUT2D eigenvalue weighted by atomic mass is 9.63. The smallest absolute Gasteiger partial charge is 0.319 e. The van der Waals surface area contributed by atoms with Crippen LogP contribution in [0.5, 0.6) is 11.5 Å². The number of likely N-dealkylation sites (N-methyl/N-ethyl adjacent to an activating group) is 1. The van der Waals surface area contributed by atoms with E-state index in [4.69, 9.17) is 21.1 Å². The lowest BCUT2D eigenvalue weighted by molar-refractivity contribution is 0.197. The fourth-order valence-electron chi connectivity index (χ4n) is 5.37. The first-order valence-electron chi connectivity index (χ1n) is 10.7. The highest BCUT2D eigenvalue weighted by molar-refractivity contribution is 6.30. The van der Waals surface area contributed by atoms with Crippen molar-refractivity contribution in [3.63, 3.8) is 0 Å². The van der Waals surface area contributed by atoms with E-state index in [0.717, 1.165) is 43.9 Å². The van der Waals surface area contributed by atoms with Crippen molar-refractivity contribution in [2.24, 2.45) is 5.92 Å². The van der Waals surface area contributed by atoms with Gasteiger partial charge in [-0.3, -0.25) is 0 Å². The number of carbonyl (C=O) groups excluding carboxylic acids is 1. The number of urea groups is 1. The Morgan fingerprint density at radius 3 is 2.71 bits per heavy atom. The Balaban J connectivity index is 1.47. The van der Waals surface area contributed by atoms with Crippen molar-refractivity contribution >= 4 is 23.3 Å². The Bertz CT molecular complexity index is 953. The SMILES string of the molecule is COc1ccc([C@@]23CC[C@@H](NC(=O)Nc4cccc(Cl)c4)C[C@@H]2CN(C)C3)cc1OC. The zero-order chi connectivity index (χ0) is 22.0. The monoisotopic (exact) mass is 443 g/mol. The molecule has 0 radical (unpaired) electrons. The van der Waals surface area contributed by atoms with Crippen LogP contribution in [0.2, 0.25) is 5.02 Å². The summed E-state index contributed by atoms with van der Waals surface area (Å²) < 4.78 is 11.0. The zero-order valence-electron chi connectivity index (χ0n) is 18.3. The molecule has 6 nitrogen and oxygen atoms in total. The molecule has 3 atom stereocenters. The van der Waals surface area contributed by atoms with Gasteiger partial charge in [0.25, 0.3) is 0 Å². The first-order chi connectivity index (χ1) is 14.9. The van der Waals surface area contributed by atoms with Crippen molar-refractivity contribution in [1.29, 1.82) is 0 Å². The van der Waals surface area contributed by atoms with Gasteiger partial charge in [-0.05, 0) is 68.1 Å². The maximum Gasteiger partial charge on any atom is 0.319 e. The number of amides is 2. The van der Waals surface area contributed by atoms with Gasteiger partial charge in [0.2, 0.25) is 0 Å². The lowest BCUT2D eigenvalue weighted by Gasteiger charge is -2.42. The molecule has 0 spiro atoms. The van der Waals surface area contributed by atoms with Crippen molar-refractivity contribution in [2.45, 2.75) is 30.7 Å². The van der Waals surface area contributed by atoms with Gasteiger partial charge in [0.05, 0.1) is 14.2 Å². The normalized spacial score (nSPS) is 25.5. The minimum Gasteiger partial charge on any atom is -0.493 e. The maximum absolute atomic E-state index is 12.5. The molecule has 0 unspecified atom stereocenters. The Kier molecular flexibility index (Phi) is 6.30. The quantitative estimate of drug-likeness (QED) is 0.712. The minimum absolute atomic E-state index is 0.0654. The summed E-state index contributed by atoms with van der Waals surface area (Å²) in [6, 6.07) is 13.5. The predicted molar refractivity (Wildman–Crippen MR) is 123 cm³/mol. The average Bonchev–Trinajstić information content (AvgIpc) is 3.09. The highest BCUT2D eigenvalue weighted by Gasteiger charge is 2.50. The molecule has 2 aromatic rings. The first-order valence-corrected chi connectivity index (χ1v) is 11.1. The van der Waals surface area contributed by atoms with Crippen LogP contribution < -0.4 is 20.1 Å². The molecular weight excluding hydrogens is 414 g/mol. The molecule has 2 amide bonds. The van der Waals surface area contributed by atoms with Gasteiger partial charge in [-0.15, -0.1) is 0 Å². The topological polar surface area (TPSA) is 62.8 Å². The summed E-state index contributed by atoms with van der Waals surface area (Å²) in [6.45, 7) is 2.02. The van der Waals surface area contributed by atoms with E-state index in [1.807, 2.05) is 18.2 Å². The lowest BCUT2D eigenvalue weighted by Crippen LogP contribution is -2.48. The van der Waals surface area contributed by atoms with Gasteiger partial charge in [-0.2, -0.15) is 0 Å². The number of carbonyl (C=O) groups is 1. The third-order valence-electron chi connectivity index (χ3n) is 6.75. The number of halogens is 1. The fourth-order valence-corrected chi connectivity index (χ4v) is 5.56. The van der Waals surface area contributed by atoms with Crippen LogP contribution in [-0.4, -0.2) is 51.3 Å². The van der Waals surface area contributed by atoms with E-state index in [9.17, 15) is 4.79 Å². The van der Waals surface area contributed by atoms with E-state index >= 15 is 0 Å². The van der Waals surface area contributed by atoms with Crippen molar-refractivity contribution in [3.8, 4) is 11.5 Å². The van der Waals surface area contributed by atoms with Gasteiger partial charge in [-0.25, -0.2) is 4.79 Å². The molecule has 31 heavy (non-hydrogen) atoms. The van der Waals surface area contributed by atoms with E-state index in [0.29, 0.717) is 16.6 Å². The number of hydrogen-bond acceptors (Lipinski definition) is 4. The Labute approximate surface area is 188 Å². The Morgan fingerprint density at radius 2 is 1.97 bits per heavy atom. The molecule has 0 aromatic heterocycles. The number of nitrogens with one attached hydrogen (secondary N) is 2. The van der Waals surface area contributed by atoms with Crippen LogP contribution in [0, 0.1) is 5.92 Å². The van der Waals surface area contributed by atoms with E-state index in [-0.39, 0.29) is 17.5 Å². The summed E-state index contributed by atoms with van der Waals surface area (Å²) in [7, 11) is 5.51. The second-order valence-electron chi connectivity index (χ2n) is 8.70. The van der Waals surface area contributed by atoms with Crippen molar-refractivity contribution in [1.82, 2.24) is 10.2 Å². The summed E-state index contributed by atoms with van der Waals surface area (Å²) in [6.07, 6.45) is 2.89. The summed E-state index contributed by atoms with van der Waals surface area (Å²) in [5, 5.41) is 6.66. The molecule has 1 heterocycles. The Hall–Kier alpha value is -2.44. The molecule has 1 saturated carbocycles. The Morgan fingerprint density at radius 1 is 1.16 bits per heavy atom. The number of methoxy groups -OCH3 is 2. The molecule has 4 rings (SSSR count). The number of rotatable bonds is 5. The molecular formula is C24H30ClN3O3. The summed E-state index contributed by atoms with van der Waals surface area (Å²) in [5.74, 6) is 1.98. The van der Waals surface area contributed by atoms with Crippen LogP contribution in [0.25, 0.3) is 0 Å². The van der Waals surface area contributed by atoms with E-state index in [1.54, 1.807) is 26.4 Å². The summed E-state index contributed by atoms with van der Waals surface area (Å²) in [5.41, 5.74) is 2.05. The predicted octanol–water partition coefficient (Wildman–Crippen LogP) is 4.53. The molecule has 2 aromatic carbocycles. The molecule has 1 saturated heterocycles.